The van der Waals surface area contributed by atoms with E-state index in [-0.39, 0.29) is 41.2 Å². The number of aliphatic hydroxyl groups excluding tert-OH is 4. The van der Waals surface area contributed by atoms with E-state index in [4.69, 9.17) is 15.8 Å². The Morgan fingerprint density at radius 3 is 2.15 bits per heavy atom. The van der Waals surface area contributed by atoms with Gasteiger partial charge in [0.1, 0.15) is 23.7 Å². The Balaban J connectivity index is 1.21. The van der Waals surface area contributed by atoms with Gasteiger partial charge in [0.2, 0.25) is 11.8 Å². The molecule has 4 amide bonds. The molecule has 2 fully saturated rings. The number of aromatic nitrogens is 3. The largest absolute Gasteiger partial charge is 0.387 e. The van der Waals surface area contributed by atoms with E-state index >= 15 is 0 Å². The number of nitrogens with zero attached hydrogens (tertiary/aromatic N) is 5. The molecule has 1 aliphatic heterocycles. The smallest absolute Gasteiger partial charge is 0.274 e. The summed E-state index contributed by atoms with van der Waals surface area (Å²) in [5, 5.41) is 46.9. The first kappa shape index (κ1) is 38.7. The van der Waals surface area contributed by atoms with Crippen molar-refractivity contribution in [3.63, 3.8) is 0 Å². The minimum Gasteiger partial charge on any atom is -0.387 e. The number of rotatable bonds is 9. The highest BCUT2D eigenvalue weighted by molar-refractivity contribution is 5.94. The summed E-state index contributed by atoms with van der Waals surface area (Å²) in [6.45, 7) is 10.8. The lowest BCUT2D eigenvalue weighted by atomic mass is 9.84. The van der Waals surface area contributed by atoms with E-state index in [1.807, 2.05) is 40.7 Å². The molecule has 4 atom stereocenters. The van der Waals surface area contributed by atoms with E-state index in [9.17, 15) is 44.0 Å². The van der Waals surface area contributed by atoms with Gasteiger partial charge in [-0.15, -0.1) is 0 Å². The Labute approximate surface area is 300 Å². The van der Waals surface area contributed by atoms with Crippen molar-refractivity contribution in [3.05, 3.63) is 53.6 Å². The van der Waals surface area contributed by atoms with Crippen molar-refractivity contribution in [3.8, 4) is 11.3 Å². The van der Waals surface area contributed by atoms with Crippen molar-refractivity contribution in [2.45, 2.75) is 102 Å². The highest BCUT2D eigenvalue weighted by Gasteiger charge is 2.42. The van der Waals surface area contributed by atoms with Crippen molar-refractivity contribution in [2.75, 3.05) is 19.6 Å². The average molecular weight is 726 g/mol. The molecule has 282 valence electrons. The molecule has 1 saturated heterocycles. The van der Waals surface area contributed by atoms with Gasteiger partial charge in [-0.25, -0.2) is 13.9 Å². The number of fused-ring (bicyclic) bond motifs is 1. The quantitative estimate of drug-likeness (QED) is 0.179. The van der Waals surface area contributed by atoms with E-state index in [2.05, 4.69) is 5.32 Å². The first-order valence-corrected chi connectivity index (χ1v) is 17.4. The molecule has 5 rings (SSSR count). The standard InChI is InChI=1S/C36H48FN7O8/c1-35(2,3)23-16-24(19-6-10-21(37)11-7-19)41-44-17-25(40-31(23)44)34(52)43-15-14-42(18-36(43,4)5)33(51)20-8-12-22(13-9-20)39-32(50)29(48)27(46)26(45)28(47)30(38)49/h6-7,10-11,16-17,20,22,26-29,45-48H,8-9,12-15,18H2,1-5H3,(H2,38,49)(H,39,50)/t20-,22+,26-,27+,28+,29-/m1/s1. The minimum absolute atomic E-state index is 0.0518. The van der Waals surface area contributed by atoms with Crippen LogP contribution in [0.5, 0.6) is 0 Å². The Morgan fingerprint density at radius 2 is 1.58 bits per heavy atom. The molecule has 0 bridgehead atoms. The lowest BCUT2D eigenvalue weighted by Gasteiger charge is -2.47. The zero-order chi connectivity index (χ0) is 38.3. The number of piperazine rings is 1. The van der Waals surface area contributed by atoms with Gasteiger partial charge in [0, 0.05) is 42.7 Å². The molecule has 0 radical (unpaired) electrons. The van der Waals surface area contributed by atoms with Crippen LogP contribution in [0.25, 0.3) is 16.9 Å². The zero-order valence-electron chi connectivity index (χ0n) is 30.0. The number of halogens is 1. The number of hydrogen-bond donors (Lipinski definition) is 6. The van der Waals surface area contributed by atoms with Gasteiger partial charge in [-0.05, 0) is 75.3 Å². The number of aliphatic hydroxyl groups is 4. The van der Waals surface area contributed by atoms with Crippen LogP contribution < -0.4 is 11.1 Å². The summed E-state index contributed by atoms with van der Waals surface area (Å²) in [4.78, 5) is 59.4. The molecule has 1 aliphatic carbocycles. The maximum absolute atomic E-state index is 14.0. The third-order valence-electron chi connectivity index (χ3n) is 10.0. The number of carbonyl (C=O) groups excluding carboxylic acids is 4. The van der Waals surface area contributed by atoms with Crippen molar-refractivity contribution in [1.82, 2.24) is 29.7 Å². The van der Waals surface area contributed by atoms with Gasteiger partial charge in [0.05, 0.1) is 17.4 Å². The summed E-state index contributed by atoms with van der Waals surface area (Å²) < 4.78 is 15.2. The topological polar surface area (TPSA) is 224 Å². The highest BCUT2D eigenvalue weighted by atomic mass is 19.1. The molecule has 3 aromatic rings. The first-order chi connectivity index (χ1) is 24.3. The van der Waals surface area contributed by atoms with Crippen LogP contribution in [0.4, 0.5) is 4.39 Å². The van der Waals surface area contributed by atoms with E-state index in [0.29, 0.717) is 50.1 Å². The Kier molecular flexibility index (Phi) is 11.1. The third-order valence-corrected chi connectivity index (χ3v) is 10.0. The summed E-state index contributed by atoms with van der Waals surface area (Å²) in [5.74, 6) is -3.32. The van der Waals surface area contributed by atoms with Crippen molar-refractivity contribution < 1.29 is 44.0 Å². The van der Waals surface area contributed by atoms with Gasteiger partial charge in [0.15, 0.2) is 17.9 Å². The summed E-state index contributed by atoms with van der Waals surface area (Å²) in [5.41, 5.74) is 6.82. The third kappa shape index (κ3) is 8.09. The Hall–Kier alpha value is -4.51. The van der Waals surface area contributed by atoms with Crippen LogP contribution >= 0.6 is 0 Å². The SMILES string of the molecule is CC(C)(C)c1cc(-c2ccc(F)cc2)nn2cc(C(=O)N3CCN(C(=O)[C@H]4CC[C@@H](NC(=O)[C@H](O)[C@@H](O)[C@@H](O)[C@H](O)C(N)=O)CC4)CC3(C)C)nc12. The Morgan fingerprint density at radius 1 is 0.962 bits per heavy atom. The number of amides is 4. The zero-order valence-corrected chi connectivity index (χ0v) is 30.0. The fourth-order valence-corrected chi connectivity index (χ4v) is 6.98. The predicted molar refractivity (Wildman–Crippen MR) is 186 cm³/mol. The second kappa shape index (κ2) is 14.8. The molecule has 1 saturated carbocycles. The molecular formula is C36H48FN7O8. The molecule has 15 nitrogen and oxygen atoms in total. The van der Waals surface area contributed by atoms with Crippen LogP contribution in [0.3, 0.4) is 0 Å². The molecule has 7 N–H and O–H groups in total. The van der Waals surface area contributed by atoms with Crippen molar-refractivity contribution in [1.29, 1.82) is 0 Å². The minimum atomic E-state index is -2.17. The molecule has 3 heterocycles. The molecule has 2 aromatic heterocycles. The molecule has 52 heavy (non-hydrogen) atoms. The maximum Gasteiger partial charge on any atom is 0.274 e. The number of imidazole rings is 1. The van der Waals surface area contributed by atoms with Crippen LogP contribution in [0.2, 0.25) is 0 Å². The molecule has 2 aliphatic rings. The van der Waals surface area contributed by atoms with Crippen LogP contribution in [0.1, 0.15) is 76.4 Å². The van der Waals surface area contributed by atoms with Crippen LogP contribution in [0, 0.1) is 11.7 Å². The van der Waals surface area contributed by atoms with Gasteiger partial charge in [-0.2, -0.15) is 5.10 Å². The predicted octanol–water partition coefficient (Wildman–Crippen LogP) is 0.500. The van der Waals surface area contributed by atoms with Gasteiger partial charge in [-0.3, -0.25) is 19.2 Å². The number of carbonyl (C=O) groups is 4. The lowest BCUT2D eigenvalue weighted by molar-refractivity contribution is -0.154. The summed E-state index contributed by atoms with van der Waals surface area (Å²) in [6, 6.07) is 7.56. The normalized spacial score (nSPS) is 21.7. The van der Waals surface area contributed by atoms with E-state index in [0.717, 1.165) is 11.1 Å². The van der Waals surface area contributed by atoms with Crippen LogP contribution in [0.15, 0.2) is 36.5 Å². The molecule has 16 heteroatoms. The van der Waals surface area contributed by atoms with Gasteiger partial charge in [-0.1, -0.05) is 20.8 Å². The van der Waals surface area contributed by atoms with E-state index < -0.39 is 47.8 Å². The second-order valence-electron chi connectivity index (χ2n) is 15.5. The fraction of sp³-hybridized carbons (Fsp3) is 0.556. The maximum atomic E-state index is 14.0. The lowest BCUT2D eigenvalue weighted by Crippen LogP contribution is -2.62. The summed E-state index contributed by atoms with van der Waals surface area (Å²) in [6.07, 6.45) is -5.26. The second-order valence-corrected chi connectivity index (χ2v) is 15.5. The van der Waals surface area contributed by atoms with E-state index in [1.165, 1.54) is 12.1 Å². The molecule has 0 spiro atoms. The Bertz CT molecular complexity index is 1820. The first-order valence-electron chi connectivity index (χ1n) is 17.4. The number of hydrogen-bond acceptors (Lipinski definition) is 10. The fourth-order valence-electron chi connectivity index (χ4n) is 6.98. The number of primary amides is 1. The van der Waals surface area contributed by atoms with Gasteiger partial charge in [0.25, 0.3) is 11.8 Å². The van der Waals surface area contributed by atoms with Crippen LogP contribution in [-0.4, -0.2) is 124 Å². The van der Waals surface area contributed by atoms with Crippen LogP contribution in [-0.2, 0) is 19.8 Å². The molecular weight excluding hydrogens is 677 g/mol. The average Bonchev–Trinajstić information content (AvgIpc) is 3.53. The van der Waals surface area contributed by atoms with Gasteiger partial charge < -0.3 is 41.3 Å². The summed E-state index contributed by atoms with van der Waals surface area (Å²) in [7, 11) is 0. The number of nitrogens with one attached hydrogen (secondary N) is 1. The highest BCUT2D eigenvalue weighted by Crippen LogP contribution is 2.32. The van der Waals surface area contributed by atoms with Crippen molar-refractivity contribution in [2.24, 2.45) is 11.7 Å². The molecule has 1 aromatic carbocycles. The van der Waals surface area contributed by atoms with Gasteiger partial charge >= 0.3 is 0 Å². The molecule has 0 unspecified atom stereocenters. The van der Waals surface area contributed by atoms with Crippen molar-refractivity contribution >= 4 is 29.3 Å². The number of benzene rings is 1. The summed E-state index contributed by atoms with van der Waals surface area (Å²) >= 11 is 0. The number of nitrogens with two attached hydrogens (primary N) is 1. The van der Waals surface area contributed by atoms with E-state index in [1.54, 1.807) is 32.6 Å². The monoisotopic (exact) mass is 725 g/mol.